The van der Waals surface area contributed by atoms with Crippen molar-refractivity contribution in [2.24, 2.45) is 0 Å². The van der Waals surface area contributed by atoms with Crippen LogP contribution in [0.3, 0.4) is 0 Å². The number of hydrogen-bond acceptors (Lipinski definition) is 4. The Labute approximate surface area is 199 Å². The number of benzene rings is 3. The standard InChI is InChI=1S/C25H23Cl2NO3S/c1-31-23-5-3-4-19(14-23)25(32(2,29)30)20-15-28(16-20)24(17-6-10-21(26)11-7-17)18-8-12-22(27)13-9-18/h3-14,24H,15-16H2,1-2H3. The monoisotopic (exact) mass is 487 g/mol. The van der Waals surface area contributed by atoms with Crippen LogP contribution in [0.25, 0.3) is 4.91 Å². The quantitative estimate of drug-likeness (QED) is 0.436. The molecule has 0 spiro atoms. The van der Waals surface area contributed by atoms with Gasteiger partial charge in [-0.1, -0.05) is 59.6 Å². The number of ether oxygens (including phenoxy) is 1. The number of methoxy groups -OCH3 is 1. The second-order valence-corrected chi connectivity index (χ2v) is 10.7. The number of likely N-dealkylation sites (tertiary alicyclic amines) is 1. The van der Waals surface area contributed by atoms with Crippen LogP contribution in [0.15, 0.2) is 78.4 Å². The largest absolute Gasteiger partial charge is 0.497 e. The average molecular weight is 488 g/mol. The topological polar surface area (TPSA) is 46.6 Å². The molecule has 1 aliphatic heterocycles. The molecule has 166 valence electrons. The molecule has 4 rings (SSSR count). The zero-order valence-corrected chi connectivity index (χ0v) is 20.1. The zero-order chi connectivity index (χ0) is 22.9. The van der Waals surface area contributed by atoms with Crippen LogP contribution in [-0.4, -0.2) is 39.8 Å². The van der Waals surface area contributed by atoms with E-state index in [1.165, 1.54) is 6.26 Å². The van der Waals surface area contributed by atoms with Gasteiger partial charge in [0.2, 0.25) is 0 Å². The molecule has 0 N–H and O–H groups in total. The second-order valence-electron chi connectivity index (χ2n) is 7.85. The van der Waals surface area contributed by atoms with E-state index in [0.717, 1.165) is 16.7 Å². The number of halogens is 2. The van der Waals surface area contributed by atoms with Crippen molar-refractivity contribution in [3.8, 4) is 5.75 Å². The lowest BCUT2D eigenvalue weighted by Gasteiger charge is -2.42. The van der Waals surface area contributed by atoms with Crippen molar-refractivity contribution >= 4 is 37.9 Å². The molecule has 0 bridgehead atoms. The minimum atomic E-state index is -3.43. The van der Waals surface area contributed by atoms with E-state index in [1.54, 1.807) is 25.3 Å². The Balaban J connectivity index is 1.72. The smallest absolute Gasteiger partial charge is 0.176 e. The summed E-state index contributed by atoms with van der Waals surface area (Å²) in [6.07, 6.45) is 1.26. The molecule has 0 saturated carbocycles. The van der Waals surface area contributed by atoms with Gasteiger partial charge in [-0.3, -0.25) is 4.90 Å². The Bertz CT molecular complexity index is 1200. The van der Waals surface area contributed by atoms with Gasteiger partial charge in [-0.2, -0.15) is 0 Å². The predicted octanol–water partition coefficient (Wildman–Crippen LogP) is 5.86. The number of sulfone groups is 1. The summed E-state index contributed by atoms with van der Waals surface area (Å²) in [6.45, 7) is 1.07. The highest BCUT2D eigenvalue weighted by atomic mass is 35.5. The highest BCUT2D eigenvalue weighted by Gasteiger charge is 2.34. The van der Waals surface area contributed by atoms with E-state index in [2.05, 4.69) is 4.90 Å². The second kappa shape index (κ2) is 9.28. The van der Waals surface area contributed by atoms with Crippen molar-refractivity contribution in [3.63, 3.8) is 0 Å². The first-order chi connectivity index (χ1) is 15.3. The molecule has 0 radical (unpaired) electrons. The molecule has 1 aliphatic rings. The van der Waals surface area contributed by atoms with E-state index in [9.17, 15) is 8.42 Å². The molecule has 0 aliphatic carbocycles. The molecule has 0 aromatic heterocycles. The highest BCUT2D eigenvalue weighted by Crippen LogP contribution is 2.39. The van der Waals surface area contributed by atoms with Gasteiger partial charge in [0, 0.05) is 29.4 Å². The minimum Gasteiger partial charge on any atom is -0.497 e. The van der Waals surface area contributed by atoms with Gasteiger partial charge >= 0.3 is 0 Å². The third-order valence-corrected chi connectivity index (χ3v) is 7.32. The Morgan fingerprint density at radius 3 is 1.91 bits per heavy atom. The molecule has 4 nitrogen and oxygen atoms in total. The highest BCUT2D eigenvalue weighted by molar-refractivity contribution is 8.00. The summed E-state index contributed by atoms with van der Waals surface area (Å²) < 4.78 is 30.7. The maximum atomic E-state index is 12.7. The van der Waals surface area contributed by atoms with E-state index < -0.39 is 9.84 Å². The van der Waals surface area contributed by atoms with Gasteiger partial charge in [0.1, 0.15) is 5.75 Å². The van der Waals surface area contributed by atoms with Crippen LogP contribution in [0, 0.1) is 0 Å². The Morgan fingerprint density at radius 2 is 1.44 bits per heavy atom. The molecule has 3 aromatic rings. The van der Waals surface area contributed by atoms with E-state index >= 15 is 0 Å². The molecule has 7 heteroatoms. The van der Waals surface area contributed by atoms with Crippen molar-refractivity contribution in [3.05, 3.63) is 105 Å². The summed E-state index contributed by atoms with van der Waals surface area (Å²) in [5.41, 5.74) is 3.70. The van der Waals surface area contributed by atoms with Gasteiger partial charge in [0.15, 0.2) is 9.84 Å². The van der Waals surface area contributed by atoms with Gasteiger partial charge < -0.3 is 4.74 Å². The third-order valence-electron chi connectivity index (χ3n) is 5.55. The molecular weight excluding hydrogens is 465 g/mol. The Morgan fingerprint density at radius 1 is 0.906 bits per heavy atom. The summed E-state index contributed by atoms with van der Waals surface area (Å²) >= 11 is 12.2. The normalized spacial score (nSPS) is 14.3. The van der Waals surface area contributed by atoms with Gasteiger partial charge in [0.05, 0.1) is 18.1 Å². The Hall–Kier alpha value is -2.31. The SMILES string of the molecule is COc1cccc(C(=C2CN(C(c3ccc(Cl)cc3)c3ccc(Cl)cc3)C2)S(C)(=O)=O)c1. The van der Waals surface area contributed by atoms with Crippen LogP contribution in [0.5, 0.6) is 5.75 Å². The fraction of sp³-hybridized carbons (Fsp3) is 0.200. The fourth-order valence-corrected chi connectivity index (χ4v) is 5.58. The number of rotatable bonds is 6. The summed E-state index contributed by atoms with van der Waals surface area (Å²) in [4.78, 5) is 2.62. The fourth-order valence-electron chi connectivity index (χ4n) is 4.12. The van der Waals surface area contributed by atoms with Crippen LogP contribution in [0.4, 0.5) is 0 Å². The molecule has 0 amide bonds. The minimum absolute atomic E-state index is 0.0422. The molecule has 1 heterocycles. The summed E-state index contributed by atoms with van der Waals surface area (Å²) in [5.74, 6) is 0.626. The van der Waals surface area contributed by atoms with Gasteiger partial charge in [0.25, 0.3) is 0 Å². The van der Waals surface area contributed by atoms with E-state index in [1.807, 2.05) is 54.6 Å². The van der Waals surface area contributed by atoms with Crippen molar-refractivity contribution in [2.45, 2.75) is 6.04 Å². The van der Waals surface area contributed by atoms with Crippen molar-refractivity contribution < 1.29 is 13.2 Å². The zero-order valence-electron chi connectivity index (χ0n) is 17.8. The molecule has 3 aromatic carbocycles. The molecular formula is C25H23Cl2NO3S. The first-order valence-electron chi connectivity index (χ1n) is 10.1. The Kier molecular flexibility index (Phi) is 6.63. The van der Waals surface area contributed by atoms with Crippen molar-refractivity contribution in [1.29, 1.82) is 0 Å². The van der Waals surface area contributed by atoms with Crippen LogP contribution in [0.1, 0.15) is 22.7 Å². The van der Waals surface area contributed by atoms with Gasteiger partial charge in [-0.15, -0.1) is 0 Å². The summed E-state index contributed by atoms with van der Waals surface area (Å²) in [5, 5.41) is 1.34. The number of nitrogens with zero attached hydrogens (tertiary/aromatic N) is 1. The van der Waals surface area contributed by atoms with E-state index in [-0.39, 0.29) is 6.04 Å². The molecule has 32 heavy (non-hydrogen) atoms. The lowest BCUT2D eigenvalue weighted by Crippen LogP contribution is -2.44. The van der Waals surface area contributed by atoms with E-state index in [0.29, 0.717) is 39.4 Å². The third kappa shape index (κ3) is 4.86. The van der Waals surface area contributed by atoms with Gasteiger partial charge in [-0.05, 0) is 58.7 Å². The maximum Gasteiger partial charge on any atom is 0.176 e. The first-order valence-corrected chi connectivity index (χ1v) is 12.7. The lowest BCUT2D eigenvalue weighted by atomic mass is 9.92. The summed E-state index contributed by atoms with van der Waals surface area (Å²) in [6, 6.07) is 22.6. The van der Waals surface area contributed by atoms with Crippen LogP contribution in [0.2, 0.25) is 10.0 Å². The molecule has 1 fully saturated rings. The van der Waals surface area contributed by atoms with Crippen molar-refractivity contribution in [1.82, 2.24) is 4.90 Å². The van der Waals surface area contributed by atoms with E-state index in [4.69, 9.17) is 27.9 Å². The lowest BCUT2D eigenvalue weighted by molar-refractivity contribution is 0.203. The number of hydrogen-bond donors (Lipinski definition) is 0. The van der Waals surface area contributed by atoms with Crippen LogP contribution in [-0.2, 0) is 9.84 Å². The average Bonchev–Trinajstić information content (AvgIpc) is 2.73. The maximum absolute atomic E-state index is 12.7. The van der Waals surface area contributed by atoms with Crippen LogP contribution < -0.4 is 4.74 Å². The summed E-state index contributed by atoms with van der Waals surface area (Å²) in [7, 11) is -1.86. The molecule has 0 unspecified atom stereocenters. The molecule has 1 saturated heterocycles. The molecule has 0 atom stereocenters. The first kappa shape index (κ1) is 22.9. The van der Waals surface area contributed by atoms with Crippen LogP contribution >= 0.6 is 23.2 Å². The van der Waals surface area contributed by atoms with Gasteiger partial charge in [-0.25, -0.2) is 8.42 Å². The van der Waals surface area contributed by atoms with Crippen molar-refractivity contribution in [2.75, 3.05) is 26.5 Å². The predicted molar refractivity (Wildman–Crippen MR) is 131 cm³/mol.